The van der Waals surface area contributed by atoms with Crippen LogP contribution in [0.3, 0.4) is 0 Å². The number of nitrogens with one attached hydrogen (secondary N) is 1. The van der Waals surface area contributed by atoms with Gasteiger partial charge in [0.2, 0.25) is 0 Å². The Morgan fingerprint density at radius 3 is 2.62 bits per heavy atom. The number of rotatable bonds is 8. The third kappa shape index (κ3) is 5.26. The van der Waals surface area contributed by atoms with Crippen molar-refractivity contribution in [3.8, 4) is 5.75 Å². The molecule has 0 saturated carbocycles. The van der Waals surface area contributed by atoms with Crippen molar-refractivity contribution >= 4 is 34.4 Å². The first-order valence-electron chi connectivity index (χ1n) is 11.3. The van der Waals surface area contributed by atoms with Crippen molar-refractivity contribution in [3.63, 3.8) is 0 Å². The number of carbonyl (C=O) groups excluding carboxylic acids is 2. The van der Waals surface area contributed by atoms with Crippen molar-refractivity contribution in [2.75, 3.05) is 34.0 Å². The van der Waals surface area contributed by atoms with Gasteiger partial charge in [-0.1, -0.05) is 30.3 Å². The van der Waals surface area contributed by atoms with Crippen molar-refractivity contribution in [2.24, 2.45) is 0 Å². The summed E-state index contributed by atoms with van der Waals surface area (Å²) in [5, 5.41) is 3.39. The van der Waals surface area contributed by atoms with E-state index in [1.165, 1.54) is 0 Å². The Balaban J connectivity index is 1.68. The number of hydrogen-bond donors (Lipinski definition) is 1. The van der Waals surface area contributed by atoms with Gasteiger partial charge in [-0.05, 0) is 60.2 Å². The highest BCUT2D eigenvalue weighted by atomic mass is 16.5. The quantitative estimate of drug-likeness (QED) is 0.403. The Morgan fingerprint density at radius 1 is 1.06 bits per heavy atom. The fourth-order valence-corrected chi connectivity index (χ4v) is 4.16. The van der Waals surface area contributed by atoms with Crippen molar-refractivity contribution in [3.05, 3.63) is 70.9 Å². The average Bonchev–Trinajstić information content (AvgIpc) is 2.87. The predicted octanol–water partition coefficient (Wildman–Crippen LogP) is 4.04. The summed E-state index contributed by atoms with van der Waals surface area (Å²) in [6.45, 7) is 0.411. The molecule has 0 fully saturated rings. The molecule has 0 aliphatic heterocycles. The van der Waals surface area contributed by atoms with Crippen LogP contribution < -0.4 is 10.1 Å². The van der Waals surface area contributed by atoms with Gasteiger partial charge < -0.3 is 19.5 Å². The van der Waals surface area contributed by atoms with Gasteiger partial charge in [-0.25, -0.2) is 9.78 Å². The van der Waals surface area contributed by atoms with Crippen LogP contribution in [0.15, 0.2) is 48.5 Å². The zero-order valence-electron chi connectivity index (χ0n) is 19.4. The van der Waals surface area contributed by atoms with Gasteiger partial charge in [-0.15, -0.1) is 0 Å². The van der Waals surface area contributed by atoms with E-state index < -0.39 is 5.97 Å². The van der Waals surface area contributed by atoms with Crippen LogP contribution in [0.2, 0.25) is 0 Å². The van der Waals surface area contributed by atoms with Gasteiger partial charge in [0.1, 0.15) is 5.75 Å². The van der Waals surface area contributed by atoms with E-state index in [0.717, 1.165) is 58.3 Å². The van der Waals surface area contributed by atoms with Crippen LogP contribution in [0.25, 0.3) is 22.6 Å². The van der Waals surface area contributed by atoms with Crippen molar-refractivity contribution < 1.29 is 23.8 Å². The molecule has 7 heteroatoms. The minimum atomic E-state index is -0.512. The lowest BCUT2D eigenvalue weighted by Gasteiger charge is -2.22. The summed E-state index contributed by atoms with van der Waals surface area (Å²) in [6, 6.07) is 15.4. The predicted molar refractivity (Wildman–Crippen MR) is 131 cm³/mol. The number of hydrogen-bond acceptors (Lipinski definition) is 6. The van der Waals surface area contributed by atoms with Gasteiger partial charge in [-0.2, -0.15) is 0 Å². The maximum atomic E-state index is 13.2. The molecule has 1 aromatic heterocycles. The highest BCUT2D eigenvalue weighted by molar-refractivity contribution is 6.07. The number of ether oxygens (including phenoxy) is 3. The second kappa shape index (κ2) is 10.9. The Hall–Kier alpha value is -3.71. The minimum Gasteiger partial charge on any atom is -0.497 e. The fraction of sp³-hybridized carbons (Fsp3) is 0.296. The standard InChI is InChI=1S/C27H28N2O5/c1-32-15-14-28-24(30)17-34-27(31)25-21-7-3-4-9-23(21)29-26-19(6-5-8-22(25)26)16-18-10-12-20(33-2)13-11-18/h3-4,7,9-13,16H,5-6,8,14-15,17H2,1-2H3,(H,28,30)/b19-16-. The molecule has 1 amide bonds. The first-order chi connectivity index (χ1) is 16.6. The molecule has 34 heavy (non-hydrogen) atoms. The first-order valence-corrected chi connectivity index (χ1v) is 11.3. The number of nitrogens with zero attached hydrogens (tertiary/aromatic N) is 1. The number of allylic oxidation sites excluding steroid dienone is 1. The summed E-state index contributed by atoms with van der Waals surface area (Å²) in [7, 11) is 3.20. The van der Waals surface area contributed by atoms with Crippen molar-refractivity contribution in [2.45, 2.75) is 19.3 Å². The summed E-state index contributed by atoms with van der Waals surface area (Å²) in [6.07, 6.45) is 4.59. The van der Waals surface area contributed by atoms with E-state index in [2.05, 4.69) is 11.4 Å². The number of esters is 1. The SMILES string of the molecule is COCCNC(=O)COC(=O)c1c2c(nc3ccccc13)/C(=C\c1ccc(OC)cc1)CCC2. The maximum Gasteiger partial charge on any atom is 0.339 e. The van der Waals surface area contributed by atoms with E-state index in [1.54, 1.807) is 14.2 Å². The number of para-hydroxylation sites is 1. The van der Waals surface area contributed by atoms with E-state index in [0.29, 0.717) is 18.7 Å². The number of methoxy groups -OCH3 is 2. The molecule has 1 aliphatic rings. The molecule has 0 radical (unpaired) electrons. The molecule has 3 aromatic rings. The van der Waals surface area contributed by atoms with Crippen molar-refractivity contribution in [1.82, 2.24) is 10.3 Å². The first kappa shape index (κ1) is 23.4. The van der Waals surface area contributed by atoms with E-state index in [4.69, 9.17) is 19.2 Å². The molecular formula is C27H28N2O5. The number of benzene rings is 2. The highest BCUT2D eigenvalue weighted by Crippen LogP contribution is 2.36. The van der Waals surface area contributed by atoms with E-state index in [1.807, 2.05) is 48.5 Å². The lowest BCUT2D eigenvalue weighted by Crippen LogP contribution is -2.31. The molecule has 0 spiro atoms. The third-order valence-electron chi connectivity index (χ3n) is 5.79. The molecule has 1 heterocycles. The van der Waals surface area contributed by atoms with E-state index in [9.17, 15) is 9.59 Å². The van der Waals surface area contributed by atoms with Crippen LogP contribution in [0.4, 0.5) is 0 Å². The Kier molecular flexibility index (Phi) is 7.54. The average molecular weight is 461 g/mol. The zero-order valence-corrected chi connectivity index (χ0v) is 19.4. The summed E-state index contributed by atoms with van der Waals surface area (Å²) in [4.78, 5) is 30.2. The Morgan fingerprint density at radius 2 is 1.85 bits per heavy atom. The molecule has 1 aliphatic carbocycles. The molecule has 0 saturated heterocycles. The van der Waals surface area contributed by atoms with Gasteiger partial charge in [0, 0.05) is 19.0 Å². The Labute approximate surface area is 198 Å². The molecule has 0 atom stereocenters. The smallest absolute Gasteiger partial charge is 0.339 e. The van der Waals surface area contributed by atoms with Crippen LogP contribution in [0.5, 0.6) is 5.75 Å². The van der Waals surface area contributed by atoms with Gasteiger partial charge in [-0.3, -0.25) is 4.79 Å². The number of aromatic nitrogens is 1. The lowest BCUT2D eigenvalue weighted by atomic mass is 9.86. The monoisotopic (exact) mass is 460 g/mol. The third-order valence-corrected chi connectivity index (χ3v) is 5.79. The number of pyridine rings is 1. The van der Waals surface area contributed by atoms with Crippen LogP contribution in [0, 0.1) is 0 Å². The van der Waals surface area contributed by atoms with Gasteiger partial charge >= 0.3 is 5.97 Å². The number of amides is 1. The number of carbonyl (C=O) groups is 2. The zero-order chi connectivity index (χ0) is 23.9. The van der Waals surface area contributed by atoms with Gasteiger partial charge in [0.15, 0.2) is 6.61 Å². The van der Waals surface area contributed by atoms with Crippen LogP contribution >= 0.6 is 0 Å². The second-order valence-electron chi connectivity index (χ2n) is 8.05. The molecule has 1 N–H and O–H groups in total. The van der Waals surface area contributed by atoms with E-state index >= 15 is 0 Å². The second-order valence-corrected chi connectivity index (χ2v) is 8.05. The van der Waals surface area contributed by atoms with Crippen LogP contribution in [-0.2, 0) is 20.7 Å². The summed E-state index contributed by atoms with van der Waals surface area (Å²) < 4.78 is 15.6. The Bertz CT molecular complexity index is 1220. The lowest BCUT2D eigenvalue weighted by molar-refractivity contribution is -0.124. The summed E-state index contributed by atoms with van der Waals surface area (Å²) >= 11 is 0. The molecule has 7 nitrogen and oxygen atoms in total. The summed E-state index contributed by atoms with van der Waals surface area (Å²) in [5.74, 6) is -0.0771. The molecule has 0 bridgehead atoms. The normalized spacial score (nSPS) is 14.0. The van der Waals surface area contributed by atoms with Gasteiger partial charge in [0.05, 0.1) is 30.5 Å². The summed E-state index contributed by atoms with van der Waals surface area (Å²) in [5.41, 5.74) is 5.01. The topological polar surface area (TPSA) is 86.8 Å². The molecule has 176 valence electrons. The largest absolute Gasteiger partial charge is 0.497 e. The molecule has 0 unspecified atom stereocenters. The minimum absolute atomic E-state index is 0.345. The van der Waals surface area contributed by atoms with E-state index in [-0.39, 0.29) is 12.5 Å². The van der Waals surface area contributed by atoms with Crippen LogP contribution in [-0.4, -0.2) is 50.8 Å². The van der Waals surface area contributed by atoms with Crippen molar-refractivity contribution in [1.29, 1.82) is 0 Å². The fourth-order valence-electron chi connectivity index (χ4n) is 4.16. The molecule has 2 aromatic carbocycles. The molecule has 4 rings (SSSR count). The number of fused-ring (bicyclic) bond motifs is 2. The molecular weight excluding hydrogens is 432 g/mol. The maximum absolute atomic E-state index is 13.2. The van der Waals surface area contributed by atoms with Gasteiger partial charge in [0.25, 0.3) is 5.91 Å². The van der Waals surface area contributed by atoms with Crippen LogP contribution in [0.1, 0.15) is 40.0 Å². The highest BCUT2D eigenvalue weighted by Gasteiger charge is 2.26.